The molecular weight excluding hydrogens is 518 g/mol. The van der Waals surface area contributed by atoms with Gasteiger partial charge in [0.25, 0.3) is 5.91 Å². The number of carbonyl (C=O) groups excluding carboxylic acids is 2. The number of methoxy groups -OCH3 is 2. The van der Waals surface area contributed by atoms with Crippen molar-refractivity contribution in [3.8, 4) is 23.0 Å². The van der Waals surface area contributed by atoms with E-state index in [1.54, 1.807) is 49.6 Å². The molecule has 204 valence electrons. The second-order valence-electron chi connectivity index (χ2n) is 9.94. The summed E-state index contributed by atoms with van der Waals surface area (Å²) in [5, 5.41) is 1.98. The zero-order valence-corrected chi connectivity index (χ0v) is 23.0. The fourth-order valence-corrected chi connectivity index (χ4v) is 6.66. The molecule has 9 nitrogen and oxygen atoms in total. The summed E-state index contributed by atoms with van der Waals surface area (Å²) in [5.74, 6) is 1.86. The Labute approximate surface area is 231 Å². The summed E-state index contributed by atoms with van der Waals surface area (Å²) < 4.78 is 22.0. The second kappa shape index (κ2) is 10.4. The molecule has 0 bridgehead atoms. The van der Waals surface area contributed by atoms with E-state index < -0.39 is 12.0 Å². The zero-order chi connectivity index (χ0) is 27.1. The maximum atomic E-state index is 14.3. The summed E-state index contributed by atoms with van der Waals surface area (Å²) in [7, 11) is 4.88. The molecule has 3 aliphatic rings. The fourth-order valence-electron chi connectivity index (χ4n) is 5.75. The molecule has 10 heteroatoms. The number of rotatable bonds is 6. The Bertz CT molecular complexity index is 1390. The molecule has 0 N–H and O–H groups in total. The predicted octanol–water partition coefficient (Wildman–Crippen LogP) is 3.75. The van der Waals surface area contributed by atoms with Gasteiger partial charge in [-0.15, -0.1) is 11.3 Å². The maximum Gasteiger partial charge on any atom is 0.254 e. The molecule has 6 rings (SSSR count). The van der Waals surface area contributed by atoms with E-state index in [-0.39, 0.29) is 18.6 Å². The minimum atomic E-state index is -0.554. The number of amides is 2. The molecule has 4 heterocycles. The van der Waals surface area contributed by atoms with Crippen LogP contribution in [0.5, 0.6) is 23.0 Å². The van der Waals surface area contributed by atoms with Crippen LogP contribution in [0.1, 0.15) is 38.3 Å². The first kappa shape index (κ1) is 25.5. The number of carbonyl (C=O) groups is 2. The van der Waals surface area contributed by atoms with E-state index in [0.717, 1.165) is 41.6 Å². The SMILES string of the molecule is COc1cc2c(cc1OC)[C@@H](C(=O)N1CCN(Cc3ccc4c(c3)OCO4)CC1)[C@@H](c1cccs1)N(C)C2=O. The van der Waals surface area contributed by atoms with Gasteiger partial charge in [0.1, 0.15) is 0 Å². The number of benzene rings is 2. The van der Waals surface area contributed by atoms with Gasteiger partial charge in [0.2, 0.25) is 12.7 Å². The first-order valence-corrected chi connectivity index (χ1v) is 13.8. The minimum Gasteiger partial charge on any atom is -0.493 e. The molecule has 1 aromatic heterocycles. The van der Waals surface area contributed by atoms with Crippen molar-refractivity contribution in [3.63, 3.8) is 0 Å². The molecule has 2 amide bonds. The summed E-state index contributed by atoms with van der Waals surface area (Å²) in [6.07, 6.45) is 0. The third kappa shape index (κ3) is 4.57. The smallest absolute Gasteiger partial charge is 0.254 e. The first-order chi connectivity index (χ1) is 19.0. The van der Waals surface area contributed by atoms with Crippen molar-refractivity contribution in [2.75, 3.05) is 54.2 Å². The van der Waals surface area contributed by atoms with Crippen molar-refractivity contribution in [2.45, 2.75) is 18.5 Å². The molecule has 2 aromatic carbocycles. The lowest BCUT2D eigenvalue weighted by molar-refractivity contribution is -0.136. The van der Waals surface area contributed by atoms with Crippen molar-refractivity contribution < 1.29 is 28.5 Å². The Hall–Kier alpha value is -3.76. The lowest BCUT2D eigenvalue weighted by Crippen LogP contribution is -2.52. The van der Waals surface area contributed by atoms with E-state index in [9.17, 15) is 9.59 Å². The highest BCUT2D eigenvalue weighted by atomic mass is 32.1. The first-order valence-electron chi connectivity index (χ1n) is 12.9. The molecule has 0 radical (unpaired) electrons. The molecule has 0 spiro atoms. The van der Waals surface area contributed by atoms with Crippen LogP contribution < -0.4 is 18.9 Å². The van der Waals surface area contributed by atoms with Gasteiger partial charge in [0.15, 0.2) is 23.0 Å². The van der Waals surface area contributed by atoms with E-state index in [1.807, 2.05) is 34.5 Å². The van der Waals surface area contributed by atoms with Gasteiger partial charge in [0.05, 0.1) is 26.2 Å². The third-order valence-corrected chi connectivity index (χ3v) is 8.75. The van der Waals surface area contributed by atoms with Gasteiger partial charge in [-0.1, -0.05) is 12.1 Å². The van der Waals surface area contributed by atoms with E-state index in [4.69, 9.17) is 18.9 Å². The molecule has 3 aromatic rings. The lowest BCUT2D eigenvalue weighted by atomic mass is 9.81. The number of fused-ring (bicyclic) bond motifs is 2. The Morgan fingerprint density at radius 2 is 1.74 bits per heavy atom. The number of ether oxygens (including phenoxy) is 4. The van der Waals surface area contributed by atoms with Crippen LogP contribution in [-0.2, 0) is 11.3 Å². The van der Waals surface area contributed by atoms with E-state index in [1.165, 1.54) is 0 Å². The maximum absolute atomic E-state index is 14.3. The quantitative estimate of drug-likeness (QED) is 0.463. The van der Waals surface area contributed by atoms with E-state index >= 15 is 0 Å². The van der Waals surface area contributed by atoms with Crippen molar-refractivity contribution in [1.29, 1.82) is 0 Å². The predicted molar refractivity (Wildman–Crippen MR) is 146 cm³/mol. The summed E-state index contributed by atoms with van der Waals surface area (Å²) >= 11 is 1.56. The Balaban J connectivity index is 1.26. The van der Waals surface area contributed by atoms with Gasteiger partial charge in [-0.25, -0.2) is 0 Å². The average Bonchev–Trinajstić information content (AvgIpc) is 3.66. The van der Waals surface area contributed by atoms with E-state index in [0.29, 0.717) is 35.7 Å². The van der Waals surface area contributed by atoms with Crippen LogP contribution in [0.25, 0.3) is 0 Å². The largest absolute Gasteiger partial charge is 0.493 e. The molecule has 39 heavy (non-hydrogen) atoms. The topological polar surface area (TPSA) is 80.8 Å². The van der Waals surface area contributed by atoms with Crippen LogP contribution in [-0.4, -0.2) is 80.8 Å². The molecule has 0 aliphatic carbocycles. The fraction of sp³-hybridized carbons (Fsp3) is 0.379. The van der Waals surface area contributed by atoms with Crippen LogP contribution >= 0.6 is 11.3 Å². The van der Waals surface area contributed by atoms with Crippen LogP contribution in [0.15, 0.2) is 47.8 Å². The summed E-state index contributed by atoms with van der Waals surface area (Å²) in [6, 6.07) is 13.1. The highest BCUT2D eigenvalue weighted by Crippen LogP contribution is 2.47. The van der Waals surface area contributed by atoms with Crippen LogP contribution in [0.3, 0.4) is 0 Å². The number of hydrogen-bond donors (Lipinski definition) is 0. The second-order valence-corrected chi connectivity index (χ2v) is 10.9. The minimum absolute atomic E-state index is 0.0175. The number of nitrogens with zero attached hydrogens (tertiary/aromatic N) is 3. The standard InChI is InChI=1S/C29H31N3O6S/c1-30-27(25-5-4-12-39-25)26(19-14-22(35-2)23(36-3)15-20(19)28(30)33)29(34)32-10-8-31(9-11-32)16-18-6-7-21-24(13-18)38-17-37-21/h4-7,12-15,26-27H,8-11,16-17H2,1-3H3/t26-,27-/m1/s1. The molecule has 2 atom stereocenters. The van der Waals surface area contributed by atoms with Gasteiger partial charge < -0.3 is 28.7 Å². The number of hydrogen-bond acceptors (Lipinski definition) is 8. The van der Waals surface area contributed by atoms with Gasteiger partial charge >= 0.3 is 0 Å². The van der Waals surface area contributed by atoms with Gasteiger partial charge in [-0.05, 0) is 46.8 Å². The number of piperazine rings is 1. The number of thiophene rings is 1. The summed E-state index contributed by atoms with van der Waals surface area (Å²) in [6.45, 7) is 3.76. The van der Waals surface area contributed by atoms with Gasteiger partial charge in [0, 0.05) is 50.2 Å². The zero-order valence-electron chi connectivity index (χ0n) is 22.2. The summed E-state index contributed by atoms with van der Waals surface area (Å²) in [4.78, 5) is 34.8. The molecule has 0 unspecified atom stereocenters. The monoisotopic (exact) mass is 549 g/mol. The van der Waals surface area contributed by atoms with Crippen molar-refractivity contribution in [2.24, 2.45) is 0 Å². The Morgan fingerprint density at radius 1 is 1.00 bits per heavy atom. The molecule has 1 saturated heterocycles. The Morgan fingerprint density at radius 3 is 2.46 bits per heavy atom. The highest BCUT2D eigenvalue weighted by molar-refractivity contribution is 7.10. The number of likely N-dealkylation sites (N-methyl/N-ethyl adjacent to an activating group) is 1. The molecule has 1 fully saturated rings. The third-order valence-electron chi connectivity index (χ3n) is 7.80. The van der Waals surface area contributed by atoms with Crippen LogP contribution in [0.4, 0.5) is 0 Å². The van der Waals surface area contributed by atoms with Gasteiger partial charge in [-0.2, -0.15) is 0 Å². The highest BCUT2D eigenvalue weighted by Gasteiger charge is 2.45. The van der Waals surface area contributed by atoms with Crippen molar-refractivity contribution in [3.05, 3.63) is 69.4 Å². The Kier molecular flexibility index (Phi) is 6.82. The van der Waals surface area contributed by atoms with Crippen LogP contribution in [0.2, 0.25) is 0 Å². The van der Waals surface area contributed by atoms with Gasteiger partial charge in [-0.3, -0.25) is 14.5 Å². The van der Waals surface area contributed by atoms with Crippen LogP contribution in [0, 0.1) is 0 Å². The lowest BCUT2D eigenvalue weighted by Gasteiger charge is -2.43. The van der Waals surface area contributed by atoms with Crippen molar-refractivity contribution >= 4 is 23.2 Å². The summed E-state index contributed by atoms with van der Waals surface area (Å²) in [5.41, 5.74) is 2.31. The van der Waals surface area contributed by atoms with E-state index in [2.05, 4.69) is 11.0 Å². The normalized spacial score (nSPS) is 20.6. The molecular formula is C29H31N3O6S. The molecule has 0 saturated carbocycles. The molecule has 3 aliphatic heterocycles. The van der Waals surface area contributed by atoms with Crippen molar-refractivity contribution in [1.82, 2.24) is 14.7 Å². The average molecular weight is 550 g/mol.